The van der Waals surface area contributed by atoms with Crippen LogP contribution in [0, 0.1) is 19.7 Å². The number of likely N-dealkylation sites (tertiary alicyclic amines) is 1. The molecule has 28 heavy (non-hydrogen) atoms. The minimum atomic E-state index is -0.442. The second-order valence-electron chi connectivity index (χ2n) is 7.62. The van der Waals surface area contributed by atoms with Gasteiger partial charge in [-0.3, -0.25) is 9.89 Å². The van der Waals surface area contributed by atoms with Gasteiger partial charge in [0, 0.05) is 30.3 Å². The molecule has 4 nitrogen and oxygen atoms in total. The summed E-state index contributed by atoms with van der Waals surface area (Å²) in [6.07, 6.45) is 3.55. The first-order valence-corrected chi connectivity index (χ1v) is 9.68. The van der Waals surface area contributed by atoms with Gasteiger partial charge in [0.15, 0.2) is 0 Å². The summed E-state index contributed by atoms with van der Waals surface area (Å²) in [5.41, 5.74) is 5.59. The van der Waals surface area contributed by atoms with Gasteiger partial charge < -0.3 is 4.90 Å². The largest absolute Gasteiger partial charge is 0.339 e. The molecule has 0 saturated carbocycles. The van der Waals surface area contributed by atoms with Crippen LogP contribution in [0.2, 0.25) is 0 Å². The lowest BCUT2D eigenvalue weighted by molar-refractivity contribution is 0.0707. The second-order valence-corrected chi connectivity index (χ2v) is 7.62. The Morgan fingerprint density at radius 1 is 1.11 bits per heavy atom. The molecule has 1 aromatic heterocycles. The van der Waals surface area contributed by atoms with Gasteiger partial charge in [-0.2, -0.15) is 5.10 Å². The summed E-state index contributed by atoms with van der Waals surface area (Å²) in [7, 11) is 0. The van der Waals surface area contributed by atoms with E-state index < -0.39 is 5.82 Å². The van der Waals surface area contributed by atoms with Crippen LogP contribution in [-0.4, -0.2) is 34.1 Å². The number of aromatic amines is 1. The molecule has 1 saturated heterocycles. The quantitative estimate of drug-likeness (QED) is 0.709. The van der Waals surface area contributed by atoms with E-state index in [0.29, 0.717) is 19.0 Å². The molecular formula is C23H24FN3O. The molecule has 0 aliphatic carbocycles. The molecule has 1 aliphatic heterocycles. The Morgan fingerprint density at radius 3 is 2.57 bits per heavy atom. The van der Waals surface area contributed by atoms with Gasteiger partial charge in [-0.05, 0) is 49.9 Å². The highest BCUT2D eigenvalue weighted by molar-refractivity contribution is 5.94. The first-order valence-electron chi connectivity index (χ1n) is 9.68. The van der Waals surface area contributed by atoms with Gasteiger partial charge >= 0.3 is 0 Å². The normalized spacial score (nSPS) is 15.0. The number of nitrogens with one attached hydrogen (secondary N) is 1. The van der Waals surface area contributed by atoms with Crippen LogP contribution in [-0.2, 0) is 0 Å². The molecule has 1 amide bonds. The fraction of sp³-hybridized carbons (Fsp3) is 0.304. The van der Waals surface area contributed by atoms with E-state index in [0.717, 1.165) is 35.2 Å². The monoisotopic (exact) mass is 377 g/mol. The van der Waals surface area contributed by atoms with Crippen molar-refractivity contribution >= 4 is 5.91 Å². The molecule has 2 aromatic carbocycles. The molecule has 0 unspecified atom stereocenters. The summed E-state index contributed by atoms with van der Waals surface area (Å²) < 4.78 is 14.2. The number of benzene rings is 2. The van der Waals surface area contributed by atoms with Gasteiger partial charge in [0.05, 0.1) is 11.8 Å². The van der Waals surface area contributed by atoms with Crippen LogP contribution in [0.3, 0.4) is 0 Å². The van der Waals surface area contributed by atoms with Gasteiger partial charge in [0.1, 0.15) is 5.82 Å². The minimum Gasteiger partial charge on any atom is -0.339 e. The molecule has 3 aromatic rings. The third-order valence-corrected chi connectivity index (χ3v) is 5.54. The standard InChI is InChI=1S/C23H24FN3O/c1-15-4-3-5-18(12-15)20-14-25-26-22(20)17-8-10-27(11-9-17)23(28)19-7-6-16(2)13-21(19)24/h3-7,12-14,17H,8-11H2,1-2H3,(H,25,26). The number of carbonyl (C=O) groups is 1. The van der Waals surface area contributed by atoms with Crippen LogP contribution in [0.1, 0.15) is 45.9 Å². The fourth-order valence-electron chi connectivity index (χ4n) is 3.99. The van der Waals surface area contributed by atoms with E-state index in [2.05, 4.69) is 41.4 Å². The maximum atomic E-state index is 14.2. The maximum Gasteiger partial charge on any atom is 0.256 e. The number of hydrogen-bond acceptors (Lipinski definition) is 2. The van der Waals surface area contributed by atoms with Gasteiger partial charge in [-0.15, -0.1) is 0 Å². The number of nitrogens with zero attached hydrogens (tertiary/aromatic N) is 2. The predicted octanol–water partition coefficient (Wildman–Crippen LogP) is 4.85. The highest BCUT2D eigenvalue weighted by atomic mass is 19.1. The van der Waals surface area contributed by atoms with Crippen molar-refractivity contribution in [3.05, 3.63) is 76.9 Å². The van der Waals surface area contributed by atoms with Crippen LogP contribution in [0.15, 0.2) is 48.7 Å². The average molecular weight is 377 g/mol. The number of halogens is 1. The number of amides is 1. The van der Waals surface area contributed by atoms with Gasteiger partial charge in [-0.25, -0.2) is 4.39 Å². The van der Waals surface area contributed by atoms with E-state index in [1.807, 2.05) is 13.1 Å². The number of piperidine rings is 1. The van der Waals surface area contributed by atoms with Gasteiger partial charge in [0.2, 0.25) is 0 Å². The molecule has 4 rings (SSSR count). The topological polar surface area (TPSA) is 49.0 Å². The summed E-state index contributed by atoms with van der Waals surface area (Å²) in [6.45, 7) is 5.13. The molecule has 144 valence electrons. The molecule has 0 radical (unpaired) electrons. The van der Waals surface area contributed by atoms with E-state index in [1.54, 1.807) is 17.0 Å². The van der Waals surface area contributed by atoms with E-state index in [1.165, 1.54) is 11.6 Å². The molecule has 0 atom stereocenters. The van der Waals surface area contributed by atoms with Crippen LogP contribution >= 0.6 is 0 Å². The van der Waals surface area contributed by atoms with E-state index >= 15 is 0 Å². The van der Waals surface area contributed by atoms with Crippen molar-refractivity contribution in [1.29, 1.82) is 0 Å². The third-order valence-electron chi connectivity index (χ3n) is 5.54. The second kappa shape index (κ2) is 7.58. The number of rotatable bonds is 3. The van der Waals surface area contributed by atoms with Crippen molar-refractivity contribution in [2.24, 2.45) is 0 Å². The zero-order valence-electron chi connectivity index (χ0n) is 16.2. The first kappa shape index (κ1) is 18.4. The zero-order valence-corrected chi connectivity index (χ0v) is 16.2. The number of aryl methyl sites for hydroxylation is 2. The summed E-state index contributed by atoms with van der Waals surface area (Å²) in [6, 6.07) is 13.2. The Morgan fingerprint density at radius 2 is 1.86 bits per heavy atom. The maximum absolute atomic E-state index is 14.2. The number of H-pyrrole nitrogens is 1. The number of hydrogen-bond donors (Lipinski definition) is 1. The van der Waals surface area contributed by atoms with Crippen molar-refractivity contribution in [3.8, 4) is 11.1 Å². The summed E-state index contributed by atoms with van der Waals surface area (Å²) in [5.74, 6) is -0.355. The van der Waals surface area contributed by atoms with E-state index in [-0.39, 0.29) is 11.5 Å². The van der Waals surface area contributed by atoms with Crippen molar-refractivity contribution in [3.63, 3.8) is 0 Å². The predicted molar refractivity (Wildman–Crippen MR) is 108 cm³/mol. The molecule has 1 N–H and O–H groups in total. The lowest BCUT2D eigenvalue weighted by Gasteiger charge is -2.32. The zero-order chi connectivity index (χ0) is 19.7. The molecule has 1 aliphatic rings. The third kappa shape index (κ3) is 3.57. The number of aromatic nitrogens is 2. The van der Waals surface area contributed by atoms with Crippen LogP contribution < -0.4 is 0 Å². The molecular weight excluding hydrogens is 353 g/mol. The Labute approximate surface area is 164 Å². The van der Waals surface area contributed by atoms with E-state index in [4.69, 9.17) is 0 Å². The van der Waals surface area contributed by atoms with Crippen molar-refractivity contribution in [2.75, 3.05) is 13.1 Å². The molecule has 1 fully saturated rings. The smallest absolute Gasteiger partial charge is 0.256 e. The van der Waals surface area contributed by atoms with Crippen LogP contribution in [0.5, 0.6) is 0 Å². The minimum absolute atomic E-state index is 0.158. The van der Waals surface area contributed by atoms with E-state index in [9.17, 15) is 9.18 Å². The number of carbonyl (C=O) groups excluding carboxylic acids is 1. The first-order chi connectivity index (χ1) is 13.5. The summed E-state index contributed by atoms with van der Waals surface area (Å²) >= 11 is 0. The summed E-state index contributed by atoms with van der Waals surface area (Å²) in [5, 5.41) is 7.44. The Balaban J connectivity index is 1.48. The Hall–Kier alpha value is -2.95. The lowest BCUT2D eigenvalue weighted by Crippen LogP contribution is -2.38. The fourth-order valence-corrected chi connectivity index (χ4v) is 3.99. The molecule has 5 heteroatoms. The van der Waals surface area contributed by atoms with Crippen molar-refractivity contribution in [1.82, 2.24) is 15.1 Å². The highest BCUT2D eigenvalue weighted by Crippen LogP contribution is 2.34. The molecule has 0 spiro atoms. The SMILES string of the molecule is Cc1cccc(-c2cn[nH]c2C2CCN(C(=O)c3ccc(C)cc3F)CC2)c1. The van der Waals surface area contributed by atoms with Crippen LogP contribution in [0.4, 0.5) is 4.39 Å². The molecule has 0 bridgehead atoms. The van der Waals surface area contributed by atoms with Gasteiger partial charge in [0.25, 0.3) is 5.91 Å². The Bertz CT molecular complexity index is 1000. The Kier molecular flexibility index (Phi) is 4.99. The van der Waals surface area contributed by atoms with Crippen LogP contribution in [0.25, 0.3) is 11.1 Å². The average Bonchev–Trinajstić information content (AvgIpc) is 3.17. The lowest BCUT2D eigenvalue weighted by atomic mass is 9.89. The van der Waals surface area contributed by atoms with Crippen molar-refractivity contribution in [2.45, 2.75) is 32.6 Å². The van der Waals surface area contributed by atoms with Gasteiger partial charge in [-0.1, -0.05) is 35.9 Å². The summed E-state index contributed by atoms with van der Waals surface area (Å²) in [4.78, 5) is 14.5. The molecule has 2 heterocycles. The van der Waals surface area contributed by atoms with Crippen molar-refractivity contribution < 1.29 is 9.18 Å². The highest BCUT2D eigenvalue weighted by Gasteiger charge is 2.28.